The largest absolute Gasteiger partial charge is 0.490 e. The first-order valence-corrected chi connectivity index (χ1v) is 8.30. The molecule has 0 amide bonds. The summed E-state index contributed by atoms with van der Waals surface area (Å²) in [6.45, 7) is 3.51. The maximum Gasteiger partial charge on any atom is 0.127 e. The van der Waals surface area contributed by atoms with Gasteiger partial charge in [-0.15, -0.1) is 0 Å². The van der Waals surface area contributed by atoms with Crippen LogP contribution in [0.3, 0.4) is 0 Å². The first-order valence-electron chi connectivity index (χ1n) is 8.30. The van der Waals surface area contributed by atoms with Gasteiger partial charge in [0.15, 0.2) is 0 Å². The molecule has 24 heavy (non-hydrogen) atoms. The third kappa shape index (κ3) is 3.13. The second kappa shape index (κ2) is 6.63. The van der Waals surface area contributed by atoms with Crippen molar-refractivity contribution in [1.82, 2.24) is 14.5 Å². The lowest BCUT2D eigenvalue weighted by molar-refractivity contribution is 0.0588. The number of aromatic nitrogens is 2. The lowest BCUT2D eigenvalue weighted by Crippen LogP contribution is -2.40. The first kappa shape index (κ1) is 15.2. The molecule has 5 heteroatoms. The number of hydrogen-bond donors (Lipinski definition) is 1. The van der Waals surface area contributed by atoms with Gasteiger partial charge in [0.25, 0.3) is 0 Å². The van der Waals surface area contributed by atoms with Gasteiger partial charge >= 0.3 is 0 Å². The van der Waals surface area contributed by atoms with E-state index in [-0.39, 0.29) is 0 Å². The lowest BCUT2D eigenvalue weighted by atomic mass is 10.1. The zero-order valence-electron chi connectivity index (χ0n) is 13.5. The highest BCUT2D eigenvalue weighted by atomic mass is 16.5. The summed E-state index contributed by atoms with van der Waals surface area (Å²) in [6, 6.07) is 14.1. The molecule has 1 aromatic heterocycles. The number of β-amino-alcohol motifs (C(OH)–C–C–N with tert-alkyl or cyclic N) is 1. The molecule has 1 atom stereocenters. The van der Waals surface area contributed by atoms with E-state index < -0.39 is 6.10 Å². The Hall–Kier alpha value is -2.37. The highest BCUT2D eigenvalue weighted by Crippen LogP contribution is 2.25. The van der Waals surface area contributed by atoms with Gasteiger partial charge in [-0.2, -0.15) is 0 Å². The van der Waals surface area contributed by atoms with Crippen molar-refractivity contribution in [2.45, 2.75) is 19.2 Å². The molecule has 2 heterocycles. The summed E-state index contributed by atoms with van der Waals surface area (Å²) in [5, 5.41) is 12.6. The standard InChI is InChI=1S/C19H21N3O2/c23-16(12-21-10-11-22-9-8-20-19(22)13-21)14-24-18-7-3-5-15-4-1-2-6-17(15)18/h1-9,16,23H,10-14H2/t16-/m1/s1. The molecule has 2 aromatic carbocycles. The zero-order chi connectivity index (χ0) is 16.4. The van der Waals surface area contributed by atoms with Crippen molar-refractivity contribution in [3.63, 3.8) is 0 Å². The minimum Gasteiger partial charge on any atom is -0.490 e. The van der Waals surface area contributed by atoms with Gasteiger partial charge in [0.05, 0.1) is 6.54 Å². The van der Waals surface area contributed by atoms with Crippen LogP contribution in [0, 0.1) is 0 Å². The highest BCUT2D eigenvalue weighted by Gasteiger charge is 2.19. The van der Waals surface area contributed by atoms with Gasteiger partial charge in [0.1, 0.15) is 24.3 Å². The van der Waals surface area contributed by atoms with E-state index in [1.54, 1.807) is 0 Å². The predicted molar refractivity (Wildman–Crippen MR) is 93.0 cm³/mol. The molecular formula is C19H21N3O2. The molecular weight excluding hydrogens is 302 g/mol. The van der Waals surface area contributed by atoms with E-state index in [0.717, 1.165) is 42.0 Å². The average Bonchev–Trinajstić information content (AvgIpc) is 3.07. The van der Waals surface area contributed by atoms with E-state index in [1.807, 2.05) is 42.7 Å². The molecule has 124 valence electrons. The maximum absolute atomic E-state index is 10.3. The van der Waals surface area contributed by atoms with Crippen LogP contribution in [-0.2, 0) is 13.1 Å². The first-order chi connectivity index (χ1) is 11.8. The second-order valence-electron chi connectivity index (χ2n) is 6.21. The number of hydrogen-bond acceptors (Lipinski definition) is 4. The van der Waals surface area contributed by atoms with Crippen molar-refractivity contribution < 1.29 is 9.84 Å². The SMILES string of the molecule is O[C@@H](COc1cccc2ccccc12)CN1CCn2ccnc2C1. The van der Waals surface area contributed by atoms with Crippen molar-refractivity contribution in [1.29, 1.82) is 0 Å². The Morgan fingerprint density at radius 1 is 1.12 bits per heavy atom. The van der Waals surface area contributed by atoms with Crippen LogP contribution in [0.5, 0.6) is 5.75 Å². The van der Waals surface area contributed by atoms with Crippen molar-refractivity contribution in [3.8, 4) is 5.75 Å². The quantitative estimate of drug-likeness (QED) is 0.783. The molecule has 0 fully saturated rings. The summed E-state index contributed by atoms with van der Waals surface area (Å²) in [4.78, 5) is 6.57. The number of fused-ring (bicyclic) bond motifs is 2. The minimum absolute atomic E-state index is 0.291. The normalized spacial score (nSPS) is 16.0. The number of aliphatic hydroxyl groups is 1. The summed E-state index contributed by atoms with van der Waals surface area (Å²) in [6.07, 6.45) is 3.32. The minimum atomic E-state index is -0.523. The molecule has 3 aromatic rings. The summed E-state index contributed by atoms with van der Waals surface area (Å²) < 4.78 is 8.04. The van der Waals surface area contributed by atoms with Gasteiger partial charge in [0, 0.05) is 37.4 Å². The number of benzene rings is 2. The monoisotopic (exact) mass is 323 g/mol. The summed E-state index contributed by atoms with van der Waals surface area (Å²) in [7, 11) is 0. The van der Waals surface area contributed by atoms with E-state index in [1.165, 1.54) is 0 Å². The van der Waals surface area contributed by atoms with Crippen LogP contribution < -0.4 is 4.74 Å². The average molecular weight is 323 g/mol. The molecule has 0 aliphatic carbocycles. The third-order valence-corrected chi connectivity index (χ3v) is 4.47. The Morgan fingerprint density at radius 2 is 2.00 bits per heavy atom. The Labute approximate surface area is 141 Å². The van der Waals surface area contributed by atoms with Crippen molar-refractivity contribution in [2.24, 2.45) is 0 Å². The van der Waals surface area contributed by atoms with Crippen molar-refractivity contribution >= 4 is 10.8 Å². The van der Waals surface area contributed by atoms with E-state index >= 15 is 0 Å². The molecule has 1 aliphatic rings. The molecule has 0 radical (unpaired) electrons. The van der Waals surface area contributed by atoms with Crippen molar-refractivity contribution in [3.05, 3.63) is 60.7 Å². The molecule has 1 N–H and O–H groups in total. The number of imidazole rings is 1. The highest BCUT2D eigenvalue weighted by molar-refractivity contribution is 5.88. The van der Waals surface area contributed by atoms with Crippen LogP contribution >= 0.6 is 0 Å². The number of rotatable bonds is 5. The van der Waals surface area contributed by atoms with E-state index in [4.69, 9.17) is 4.74 Å². The molecule has 0 saturated heterocycles. The molecule has 5 nitrogen and oxygen atoms in total. The van der Waals surface area contributed by atoms with E-state index in [2.05, 4.69) is 26.6 Å². The molecule has 4 rings (SSSR count). The van der Waals surface area contributed by atoms with Crippen LogP contribution in [0.2, 0.25) is 0 Å². The van der Waals surface area contributed by atoms with E-state index in [9.17, 15) is 5.11 Å². The Morgan fingerprint density at radius 3 is 2.96 bits per heavy atom. The fourth-order valence-electron chi connectivity index (χ4n) is 3.24. The number of nitrogens with zero attached hydrogens (tertiary/aromatic N) is 3. The van der Waals surface area contributed by atoms with Crippen LogP contribution in [0.25, 0.3) is 10.8 Å². The number of ether oxygens (including phenoxy) is 1. The van der Waals surface area contributed by atoms with Crippen molar-refractivity contribution in [2.75, 3.05) is 19.7 Å². The molecule has 0 unspecified atom stereocenters. The summed E-state index contributed by atoms with van der Waals surface area (Å²) >= 11 is 0. The molecule has 1 aliphatic heterocycles. The fraction of sp³-hybridized carbons (Fsp3) is 0.316. The Bertz CT molecular complexity index is 825. The summed E-state index contributed by atoms with van der Waals surface area (Å²) in [5.41, 5.74) is 0. The van der Waals surface area contributed by atoms with Crippen LogP contribution in [0.15, 0.2) is 54.9 Å². The van der Waals surface area contributed by atoms with Gasteiger partial charge in [-0.1, -0.05) is 36.4 Å². The third-order valence-electron chi connectivity index (χ3n) is 4.47. The van der Waals surface area contributed by atoms with E-state index in [0.29, 0.717) is 13.2 Å². The molecule has 0 saturated carbocycles. The van der Waals surface area contributed by atoms with Gasteiger partial charge < -0.3 is 14.4 Å². The Kier molecular flexibility index (Phi) is 4.19. The topological polar surface area (TPSA) is 50.5 Å². The van der Waals surface area contributed by atoms with Gasteiger partial charge in [-0.05, 0) is 11.5 Å². The van der Waals surface area contributed by atoms with Gasteiger partial charge in [0.2, 0.25) is 0 Å². The number of aliphatic hydroxyl groups excluding tert-OH is 1. The Balaban J connectivity index is 1.36. The molecule has 0 bridgehead atoms. The predicted octanol–water partition coefficient (Wildman–Crippen LogP) is 2.29. The zero-order valence-corrected chi connectivity index (χ0v) is 13.5. The summed E-state index contributed by atoms with van der Waals surface area (Å²) in [5.74, 6) is 1.88. The second-order valence-corrected chi connectivity index (χ2v) is 6.21. The van der Waals surface area contributed by atoms with Crippen LogP contribution in [-0.4, -0.2) is 45.4 Å². The van der Waals surface area contributed by atoms with Gasteiger partial charge in [-0.3, -0.25) is 4.90 Å². The fourth-order valence-corrected chi connectivity index (χ4v) is 3.24. The maximum atomic E-state index is 10.3. The van der Waals surface area contributed by atoms with Gasteiger partial charge in [-0.25, -0.2) is 4.98 Å². The molecule has 0 spiro atoms. The lowest BCUT2D eigenvalue weighted by Gasteiger charge is -2.29. The van der Waals surface area contributed by atoms with Crippen LogP contribution in [0.1, 0.15) is 5.82 Å². The smallest absolute Gasteiger partial charge is 0.127 e. The van der Waals surface area contributed by atoms with Crippen LogP contribution in [0.4, 0.5) is 0 Å².